The zero-order chi connectivity index (χ0) is 15.4. The lowest BCUT2D eigenvalue weighted by molar-refractivity contribution is 0.0985. The van der Waals surface area contributed by atoms with E-state index < -0.39 is 0 Å². The third-order valence-corrected chi connectivity index (χ3v) is 3.45. The summed E-state index contributed by atoms with van der Waals surface area (Å²) in [5, 5.41) is 4.09. The Kier molecular flexibility index (Phi) is 4.01. The minimum absolute atomic E-state index is 0.0526. The number of carbonyl (C=O) groups excluding carboxylic acids is 1. The van der Waals surface area contributed by atoms with Gasteiger partial charge in [0.2, 0.25) is 0 Å². The Bertz CT molecular complexity index is 750. The molecule has 0 atom stereocenters. The van der Waals surface area contributed by atoms with E-state index in [1.807, 2.05) is 60.7 Å². The van der Waals surface area contributed by atoms with Crippen molar-refractivity contribution in [1.29, 1.82) is 0 Å². The maximum atomic E-state index is 12.8. The van der Waals surface area contributed by atoms with Gasteiger partial charge in [-0.2, -0.15) is 5.10 Å². The molecule has 0 saturated heterocycles. The summed E-state index contributed by atoms with van der Waals surface area (Å²) in [6.07, 6.45) is 3.34. The Hall–Kier alpha value is -2.88. The van der Waals surface area contributed by atoms with Gasteiger partial charge < -0.3 is 4.90 Å². The van der Waals surface area contributed by atoms with Crippen molar-refractivity contribution < 1.29 is 4.79 Å². The van der Waals surface area contributed by atoms with Gasteiger partial charge in [0.1, 0.15) is 0 Å². The average Bonchev–Trinajstić information content (AvgIpc) is 3.00. The van der Waals surface area contributed by atoms with Gasteiger partial charge in [-0.05, 0) is 17.7 Å². The van der Waals surface area contributed by atoms with Crippen LogP contribution in [0.25, 0.3) is 0 Å². The maximum absolute atomic E-state index is 12.8. The smallest absolute Gasteiger partial charge is 0.261 e. The van der Waals surface area contributed by atoms with Crippen LogP contribution in [0.15, 0.2) is 73.1 Å². The van der Waals surface area contributed by atoms with Gasteiger partial charge in [-0.25, -0.2) is 0 Å². The summed E-state index contributed by atoms with van der Waals surface area (Å²) in [6.45, 7) is 0.526. The summed E-state index contributed by atoms with van der Waals surface area (Å²) in [4.78, 5) is 14.6. The highest BCUT2D eigenvalue weighted by molar-refractivity contribution is 6.05. The molecule has 1 heterocycles. The van der Waals surface area contributed by atoms with Gasteiger partial charge in [-0.1, -0.05) is 48.5 Å². The largest absolute Gasteiger partial charge is 0.304 e. The molecule has 110 valence electrons. The Balaban J connectivity index is 1.94. The van der Waals surface area contributed by atoms with E-state index in [-0.39, 0.29) is 5.91 Å². The van der Waals surface area contributed by atoms with Gasteiger partial charge >= 0.3 is 0 Å². The van der Waals surface area contributed by atoms with Crippen molar-refractivity contribution in [3.8, 4) is 0 Å². The summed E-state index contributed by atoms with van der Waals surface area (Å²) >= 11 is 0. The molecule has 0 aliphatic heterocycles. The fraction of sp³-hybridized carbons (Fsp3) is 0.111. The van der Waals surface area contributed by atoms with Crippen molar-refractivity contribution in [3.05, 3.63) is 84.2 Å². The molecule has 4 nitrogen and oxygen atoms in total. The monoisotopic (exact) mass is 291 g/mol. The van der Waals surface area contributed by atoms with Crippen LogP contribution in [0.1, 0.15) is 15.9 Å². The summed E-state index contributed by atoms with van der Waals surface area (Å²) in [7, 11) is 1.81. The summed E-state index contributed by atoms with van der Waals surface area (Å²) in [6, 6.07) is 19.7. The molecule has 4 heteroatoms. The van der Waals surface area contributed by atoms with E-state index in [1.165, 1.54) is 0 Å². The Morgan fingerprint density at radius 1 is 1.05 bits per heavy atom. The molecule has 3 rings (SSSR count). The zero-order valence-electron chi connectivity index (χ0n) is 12.4. The first kappa shape index (κ1) is 14.1. The summed E-state index contributed by atoms with van der Waals surface area (Å²) < 4.78 is 1.64. The van der Waals surface area contributed by atoms with Crippen LogP contribution >= 0.6 is 0 Å². The number of rotatable bonds is 4. The molecule has 0 fully saturated rings. The van der Waals surface area contributed by atoms with Crippen LogP contribution in [0.3, 0.4) is 0 Å². The molecule has 2 aromatic carbocycles. The summed E-state index contributed by atoms with van der Waals surface area (Å²) in [5.41, 5.74) is 2.55. The van der Waals surface area contributed by atoms with Crippen molar-refractivity contribution in [2.75, 3.05) is 4.90 Å². The lowest BCUT2D eigenvalue weighted by atomic mass is 10.1. The topological polar surface area (TPSA) is 38.1 Å². The fourth-order valence-corrected chi connectivity index (χ4v) is 2.34. The number of aryl methyl sites for hydroxylation is 1. The minimum Gasteiger partial charge on any atom is -0.304 e. The lowest BCUT2D eigenvalue weighted by Gasteiger charge is -2.22. The van der Waals surface area contributed by atoms with E-state index in [2.05, 4.69) is 5.10 Å². The number of aromatic nitrogens is 2. The number of hydrogen-bond acceptors (Lipinski definition) is 2. The number of benzene rings is 2. The van der Waals surface area contributed by atoms with Crippen LogP contribution in [0.2, 0.25) is 0 Å². The van der Waals surface area contributed by atoms with E-state index in [4.69, 9.17) is 0 Å². The number of nitrogens with zero attached hydrogens (tertiary/aromatic N) is 3. The normalized spacial score (nSPS) is 10.4. The van der Waals surface area contributed by atoms with Gasteiger partial charge in [0.25, 0.3) is 5.91 Å². The molecule has 0 aliphatic rings. The first-order valence-corrected chi connectivity index (χ1v) is 7.13. The van der Waals surface area contributed by atoms with Crippen LogP contribution in [-0.2, 0) is 13.6 Å². The van der Waals surface area contributed by atoms with Crippen molar-refractivity contribution in [2.24, 2.45) is 7.05 Å². The molecule has 0 N–H and O–H groups in total. The van der Waals surface area contributed by atoms with E-state index in [9.17, 15) is 4.79 Å². The number of hydrogen-bond donors (Lipinski definition) is 0. The lowest BCUT2D eigenvalue weighted by Crippen LogP contribution is -2.30. The molecule has 1 amide bonds. The number of carbonyl (C=O) groups is 1. The van der Waals surface area contributed by atoms with Gasteiger partial charge in [0.15, 0.2) is 0 Å². The van der Waals surface area contributed by atoms with Crippen molar-refractivity contribution in [3.63, 3.8) is 0 Å². The van der Waals surface area contributed by atoms with E-state index >= 15 is 0 Å². The van der Waals surface area contributed by atoms with E-state index in [0.717, 1.165) is 11.3 Å². The van der Waals surface area contributed by atoms with Gasteiger partial charge in [-0.15, -0.1) is 0 Å². The van der Waals surface area contributed by atoms with Gasteiger partial charge in [0.05, 0.1) is 18.3 Å². The van der Waals surface area contributed by atoms with Crippen LogP contribution in [0.5, 0.6) is 0 Å². The third-order valence-electron chi connectivity index (χ3n) is 3.45. The van der Waals surface area contributed by atoms with Crippen molar-refractivity contribution in [1.82, 2.24) is 9.78 Å². The molecular weight excluding hydrogens is 274 g/mol. The molecule has 0 saturated carbocycles. The van der Waals surface area contributed by atoms with Crippen LogP contribution < -0.4 is 4.90 Å². The fourth-order valence-electron chi connectivity index (χ4n) is 2.34. The first-order valence-electron chi connectivity index (χ1n) is 7.13. The Morgan fingerprint density at radius 3 is 2.27 bits per heavy atom. The second-order valence-corrected chi connectivity index (χ2v) is 5.12. The number of para-hydroxylation sites is 1. The maximum Gasteiger partial charge on any atom is 0.261 e. The molecule has 0 bridgehead atoms. The van der Waals surface area contributed by atoms with Gasteiger partial charge in [-0.3, -0.25) is 9.48 Å². The highest BCUT2D eigenvalue weighted by Gasteiger charge is 2.19. The molecule has 0 radical (unpaired) electrons. The molecule has 22 heavy (non-hydrogen) atoms. The second-order valence-electron chi connectivity index (χ2n) is 5.12. The quantitative estimate of drug-likeness (QED) is 0.740. The predicted octanol–water partition coefficient (Wildman–Crippen LogP) is 3.27. The molecule has 1 aromatic heterocycles. The molecule has 0 unspecified atom stereocenters. The highest BCUT2D eigenvalue weighted by Crippen LogP contribution is 2.19. The van der Waals surface area contributed by atoms with Crippen LogP contribution in [-0.4, -0.2) is 15.7 Å². The second kappa shape index (κ2) is 6.26. The average molecular weight is 291 g/mol. The van der Waals surface area contributed by atoms with Crippen molar-refractivity contribution in [2.45, 2.75) is 6.54 Å². The standard InChI is InChI=1S/C18H17N3O/c1-20-14-16(12-19-20)18(22)21(17-10-6-3-7-11-17)13-15-8-4-2-5-9-15/h2-12,14H,13H2,1H3. The SMILES string of the molecule is Cn1cc(C(=O)N(Cc2ccccc2)c2ccccc2)cn1. The molecule has 0 spiro atoms. The summed E-state index contributed by atoms with van der Waals surface area (Å²) in [5.74, 6) is -0.0526. The van der Waals surface area contributed by atoms with Crippen LogP contribution in [0.4, 0.5) is 5.69 Å². The minimum atomic E-state index is -0.0526. The van der Waals surface area contributed by atoms with Crippen molar-refractivity contribution >= 4 is 11.6 Å². The Morgan fingerprint density at radius 2 is 1.68 bits per heavy atom. The number of anilines is 1. The zero-order valence-corrected chi connectivity index (χ0v) is 12.4. The molecular formula is C18H17N3O. The van der Waals surface area contributed by atoms with E-state index in [0.29, 0.717) is 12.1 Å². The van der Waals surface area contributed by atoms with Crippen LogP contribution in [0, 0.1) is 0 Å². The predicted molar refractivity (Wildman–Crippen MR) is 86.6 cm³/mol. The number of amides is 1. The third kappa shape index (κ3) is 3.06. The molecule has 3 aromatic rings. The highest BCUT2D eigenvalue weighted by atomic mass is 16.2. The van der Waals surface area contributed by atoms with E-state index in [1.54, 1.807) is 29.0 Å². The first-order chi connectivity index (χ1) is 10.7. The van der Waals surface area contributed by atoms with Gasteiger partial charge in [0, 0.05) is 18.9 Å². The Labute approximate surface area is 129 Å². The molecule has 0 aliphatic carbocycles.